The van der Waals surface area contributed by atoms with Gasteiger partial charge in [0.2, 0.25) is 5.91 Å². The lowest BCUT2D eigenvalue weighted by molar-refractivity contribution is -0.331. The van der Waals surface area contributed by atoms with Crippen LogP contribution < -0.4 is 5.73 Å². The zero-order chi connectivity index (χ0) is 12.7. The Labute approximate surface area is 95.4 Å². The Kier molecular flexibility index (Phi) is 2.61. The van der Waals surface area contributed by atoms with Crippen LogP contribution in [0.25, 0.3) is 0 Å². The number of alkyl halides is 3. The van der Waals surface area contributed by atoms with E-state index in [9.17, 15) is 18.0 Å². The number of carbonyl (C=O) groups excluding carboxylic acids is 1. The van der Waals surface area contributed by atoms with Crippen molar-refractivity contribution in [1.82, 2.24) is 0 Å². The topological polar surface area (TPSA) is 52.3 Å². The van der Waals surface area contributed by atoms with Crippen molar-refractivity contribution in [2.75, 3.05) is 0 Å². The molecule has 92 valence electrons. The van der Waals surface area contributed by atoms with Crippen LogP contribution in [0.2, 0.25) is 0 Å². The van der Waals surface area contributed by atoms with E-state index >= 15 is 0 Å². The number of ether oxygens (including phenoxy) is 1. The fraction of sp³-hybridized carbons (Fsp3) is 0.364. The number of nitrogens with two attached hydrogens (primary N) is 1. The molecule has 0 saturated heterocycles. The number of hydrogen-bond acceptors (Lipinski definition) is 2. The Morgan fingerprint density at radius 3 is 2.41 bits per heavy atom. The van der Waals surface area contributed by atoms with Crippen molar-refractivity contribution >= 4 is 5.91 Å². The van der Waals surface area contributed by atoms with E-state index in [1.54, 1.807) is 30.3 Å². The van der Waals surface area contributed by atoms with Crippen molar-refractivity contribution in [1.29, 1.82) is 0 Å². The quantitative estimate of drug-likeness (QED) is 0.881. The average molecular weight is 245 g/mol. The van der Waals surface area contributed by atoms with Gasteiger partial charge in [0, 0.05) is 0 Å². The summed E-state index contributed by atoms with van der Waals surface area (Å²) in [6, 6.07) is 8.14. The maximum Gasteiger partial charge on any atom is 0.522 e. The molecule has 0 heterocycles. The molecule has 0 aliphatic heterocycles. The van der Waals surface area contributed by atoms with Gasteiger partial charge in [-0.3, -0.25) is 9.53 Å². The monoisotopic (exact) mass is 245 g/mol. The highest BCUT2D eigenvalue weighted by molar-refractivity contribution is 5.91. The first-order valence-corrected chi connectivity index (χ1v) is 4.96. The number of halogens is 3. The molecule has 0 spiro atoms. The average Bonchev–Trinajstić information content (AvgIpc) is 2.92. The minimum absolute atomic E-state index is 0.0359. The van der Waals surface area contributed by atoms with Gasteiger partial charge in [-0.05, 0) is 12.0 Å². The van der Waals surface area contributed by atoms with E-state index in [2.05, 4.69) is 4.74 Å². The van der Waals surface area contributed by atoms with Crippen LogP contribution in [0.4, 0.5) is 13.2 Å². The highest BCUT2D eigenvalue weighted by Gasteiger charge is 2.64. The molecule has 17 heavy (non-hydrogen) atoms. The highest BCUT2D eigenvalue weighted by atomic mass is 19.4. The van der Waals surface area contributed by atoms with E-state index in [0.717, 1.165) is 0 Å². The lowest BCUT2D eigenvalue weighted by atomic mass is 9.95. The second kappa shape index (κ2) is 3.73. The Morgan fingerprint density at radius 1 is 1.35 bits per heavy atom. The standard InChI is InChI=1S/C11H10F3NO2/c12-11(13,14)17-8-6-10(8,9(15)16)7-4-2-1-3-5-7/h1-5,8H,6H2,(H2,15,16). The van der Waals surface area contributed by atoms with Crippen LogP contribution in [0.3, 0.4) is 0 Å². The van der Waals surface area contributed by atoms with Crippen molar-refractivity contribution in [2.24, 2.45) is 5.73 Å². The van der Waals surface area contributed by atoms with Crippen LogP contribution in [0.1, 0.15) is 12.0 Å². The minimum Gasteiger partial charge on any atom is -0.369 e. The van der Waals surface area contributed by atoms with Gasteiger partial charge in [0.25, 0.3) is 0 Å². The molecule has 1 aromatic carbocycles. The van der Waals surface area contributed by atoms with Crippen LogP contribution in [-0.2, 0) is 14.9 Å². The molecule has 2 rings (SSSR count). The van der Waals surface area contributed by atoms with Crippen LogP contribution in [0.5, 0.6) is 0 Å². The predicted molar refractivity (Wildman–Crippen MR) is 52.9 cm³/mol. The third kappa shape index (κ3) is 2.12. The summed E-state index contributed by atoms with van der Waals surface area (Å²) in [6.45, 7) is 0. The van der Waals surface area contributed by atoms with E-state index in [1.807, 2.05) is 0 Å². The smallest absolute Gasteiger partial charge is 0.369 e. The molecule has 2 atom stereocenters. The molecule has 1 fully saturated rings. The molecule has 6 heteroatoms. The third-order valence-electron chi connectivity index (χ3n) is 2.90. The molecule has 1 amide bonds. The number of primary amides is 1. The molecule has 0 radical (unpaired) electrons. The Hall–Kier alpha value is -1.56. The summed E-state index contributed by atoms with van der Waals surface area (Å²) in [4.78, 5) is 11.4. The molecule has 1 aliphatic carbocycles. The molecule has 1 aromatic rings. The zero-order valence-corrected chi connectivity index (χ0v) is 8.70. The first-order valence-electron chi connectivity index (χ1n) is 4.96. The maximum atomic E-state index is 12.1. The van der Waals surface area contributed by atoms with E-state index in [1.165, 1.54) is 0 Å². The van der Waals surface area contributed by atoms with Gasteiger partial charge in [0.15, 0.2) is 0 Å². The van der Waals surface area contributed by atoms with Crippen LogP contribution in [-0.4, -0.2) is 18.4 Å². The van der Waals surface area contributed by atoms with Crippen molar-refractivity contribution in [3.63, 3.8) is 0 Å². The van der Waals surface area contributed by atoms with Crippen LogP contribution in [0.15, 0.2) is 30.3 Å². The van der Waals surface area contributed by atoms with Gasteiger partial charge >= 0.3 is 6.36 Å². The molecule has 2 unspecified atom stereocenters. The largest absolute Gasteiger partial charge is 0.522 e. The number of rotatable bonds is 3. The first-order chi connectivity index (χ1) is 7.86. The van der Waals surface area contributed by atoms with Gasteiger partial charge < -0.3 is 5.73 Å². The SMILES string of the molecule is NC(=O)C1(c2ccccc2)CC1OC(F)(F)F. The molecule has 2 N–H and O–H groups in total. The van der Waals surface area contributed by atoms with Gasteiger partial charge in [0.1, 0.15) is 5.41 Å². The number of hydrogen-bond donors (Lipinski definition) is 1. The molecular weight excluding hydrogens is 235 g/mol. The maximum absolute atomic E-state index is 12.1. The Morgan fingerprint density at radius 2 is 1.94 bits per heavy atom. The Bertz CT molecular complexity index is 432. The van der Waals surface area contributed by atoms with Crippen molar-refractivity contribution in [3.8, 4) is 0 Å². The summed E-state index contributed by atoms with van der Waals surface area (Å²) in [7, 11) is 0. The molecule has 0 aromatic heterocycles. The lowest BCUT2D eigenvalue weighted by Gasteiger charge is -2.15. The van der Waals surface area contributed by atoms with Crippen molar-refractivity contribution < 1.29 is 22.7 Å². The first kappa shape index (κ1) is 11.9. The minimum atomic E-state index is -4.75. The predicted octanol–water partition coefficient (Wildman–Crippen LogP) is 1.72. The summed E-state index contributed by atoms with van der Waals surface area (Å²) < 4.78 is 40.2. The van der Waals surface area contributed by atoms with Crippen LogP contribution >= 0.6 is 0 Å². The van der Waals surface area contributed by atoms with Crippen LogP contribution in [0, 0.1) is 0 Å². The normalized spacial score (nSPS) is 27.8. The second-order valence-corrected chi connectivity index (χ2v) is 3.96. The van der Waals surface area contributed by atoms with Gasteiger partial charge in [-0.15, -0.1) is 13.2 Å². The zero-order valence-electron chi connectivity index (χ0n) is 8.70. The summed E-state index contributed by atoms with van der Waals surface area (Å²) >= 11 is 0. The van der Waals surface area contributed by atoms with E-state index < -0.39 is 23.8 Å². The summed E-state index contributed by atoms with van der Waals surface area (Å²) in [5.74, 6) is -0.794. The van der Waals surface area contributed by atoms with Gasteiger partial charge in [-0.2, -0.15) is 0 Å². The molecule has 3 nitrogen and oxygen atoms in total. The number of carbonyl (C=O) groups is 1. The number of amides is 1. The van der Waals surface area contributed by atoms with Gasteiger partial charge in [0.05, 0.1) is 6.10 Å². The fourth-order valence-electron chi connectivity index (χ4n) is 1.98. The van der Waals surface area contributed by atoms with Gasteiger partial charge in [-0.25, -0.2) is 0 Å². The third-order valence-corrected chi connectivity index (χ3v) is 2.90. The molecular formula is C11H10F3NO2. The van der Waals surface area contributed by atoms with Crippen molar-refractivity contribution in [2.45, 2.75) is 24.3 Å². The Balaban J connectivity index is 2.25. The summed E-state index contributed by atoms with van der Waals surface area (Å²) in [5, 5.41) is 0. The van der Waals surface area contributed by atoms with E-state index in [-0.39, 0.29) is 6.42 Å². The van der Waals surface area contributed by atoms with E-state index in [0.29, 0.717) is 5.56 Å². The second-order valence-electron chi connectivity index (χ2n) is 3.96. The van der Waals surface area contributed by atoms with E-state index in [4.69, 9.17) is 5.73 Å². The summed E-state index contributed by atoms with van der Waals surface area (Å²) in [6.07, 6.45) is -6.01. The molecule has 1 saturated carbocycles. The van der Waals surface area contributed by atoms with Crippen molar-refractivity contribution in [3.05, 3.63) is 35.9 Å². The number of benzene rings is 1. The van der Waals surface area contributed by atoms with Gasteiger partial charge in [-0.1, -0.05) is 30.3 Å². The summed E-state index contributed by atoms with van der Waals surface area (Å²) in [5.41, 5.74) is 4.31. The fourth-order valence-corrected chi connectivity index (χ4v) is 1.98. The highest BCUT2D eigenvalue weighted by Crippen LogP contribution is 2.52. The lowest BCUT2D eigenvalue weighted by Crippen LogP contribution is -2.34. The molecule has 1 aliphatic rings. The molecule has 0 bridgehead atoms.